The summed E-state index contributed by atoms with van der Waals surface area (Å²) in [5.74, 6) is -1.18. The molecule has 4 heteroatoms. The van der Waals surface area contributed by atoms with Crippen molar-refractivity contribution >= 4 is 5.97 Å². The van der Waals surface area contributed by atoms with Crippen molar-refractivity contribution in [2.45, 2.75) is 25.3 Å². The molecule has 0 radical (unpaired) electrons. The molecule has 1 aromatic carbocycles. The van der Waals surface area contributed by atoms with E-state index in [1.807, 2.05) is 0 Å². The van der Waals surface area contributed by atoms with Gasteiger partial charge in [0.1, 0.15) is 5.82 Å². The molecule has 0 heterocycles. The lowest BCUT2D eigenvalue weighted by Crippen LogP contribution is -2.19. The monoisotopic (exact) mass is 223 g/mol. The van der Waals surface area contributed by atoms with Gasteiger partial charge in [-0.05, 0) is 42.5 Å². The van der Waals surface area contributed by atoms with Crippen LogP contribution in [-0.4, -0.2) is 13.1 Å². The average molecular weight is 223 g/mol. The van der Waals surface area contributed by atoms with Crippen molar-refractivity contribution in [3.05, 3.63) is 34.6 Å². The van der Waals surface area contributed by atoms with Gasteiger partial charge in [-0.3, -0.25) is 0 Å². The summed E-state index contributed by atoms with van der Waals surface area (Å²) in [6.45, 7) is 0. The summed E-state index contributed by atoms with van der Waals surface area (Å²) >= 11 is 0. The zero-order valence-corrected chi connectivity index (χ0v) is 9.13. The fourth-order valence-corrected chi connectivity index (χ4v) is 2.13. The quantitative estimate of drug-likeness (QED) is 0.740. The smallest absolute Gasteiger partial charge is 0.340 e. The standard InChI is InChI=1S/C12H14FNO2/c1-16-12(15)9-6-8-7(5-10(9)13)3-2-4-11(8)14/h5-6,11H,2-4,14H2,1H3. The lowest BCUT2D eigenvalue weighted by molar-refractivity contribution is 0.0595. The van der Waals surface area contributed by atoms with E-state index in [9.17, 15) is 9.18 Å². The fourth-order valence-electron chi connectivity index (χ4n) is 2.13. The summed E-state index contributed by atoms with van der Waals surface area (Å²) in [6, 6.07) is 2.83. The van der Waals surface area contributed by atoms with E-state index in [0.29, 0.717) is 0 Å². The van der Waals surface area contributed by atoms with Crippen LogP contribution in [0.2, 0.25) is 0 Å². The van der Waals surface area contributed by atoms with E-state index < -0.39 is 11.8 Å². The first kappa shape index (κ1) is 11.1. The van der Waals surface area contributed by atoms with Crippen LogP contribution in [0.25, 0.3) is 0 Å². The summed E-state index contributed by atoms with van der Waals surface area (Å²) in [6.07, 6.45) is 2.66. The molecular formula is C12H14FNO2. The van der Waals surface area contributed by atoms with E-state index in [2.05, 4.69) is 4.74 Å². The summed E-state index contributed by atoms with van der Waals surface area (Å²) in [5.41, 5.74) is 7.68. The van der Waals surface area contributed by atoms with Crippen LogP contribution in [0.1, 0.15) is 40.4 Å². The van der Waals surface area contributed by atoms with Crippen LogP contribution >= 0.6 is 0 Å². The molecule has 0 spiro atoms. The first-order chi connectivity index (χ1) is 7.63. The summed E-state index contributed by atoms with van der Waals surface area (Å²) in [5, 5.41) is 0. The maximum atomic E-state index is 13.6. The molecule has 16 heavy (non-hydrogen) atoms. The van der Waals surface area contributed by atoms with Gasteiger partial charge in [-0.2, -0.15) is 0 Å². The van der Waals surface area contributed by atoms with E-state index in [-0.39, 0.29) is 11.6 Å². The molecular weight excluding hydrogens is 209 g/mol. The number of hydrogen-bond donors (Lipinski definition) is 1. The molecule has 2 N–H and O–H groups in total. The SMILES string of the molecule is COC(=O)c1cc2c(cc1F)CCCC2N. The predicted octanol–water partition coefficient (Wildman–Crippen LogP) is 1.95. The highest BCUT2D eigenvalue weighted by Crippen LogP contribution is 2.30. The number of aryl methyl sites for hydroxylation is 1. The minimum atomic E-state index is -0.655. The molecule has 1 aliphatic carbocycles. The maximum absolute atomic E-state index is 13.6. The average Bonchev–Trinajstić information content (AvgIpc) is 2.28. The number of carbonyl (C=O) groups excluding carboxylic acids is 1. The minimum absolute atomic E-state index is 0.0291. The summed E-state index contributed by atoms with van der Waals surface area (Å²) in [7, 11) is 1.24. The molecule has 1 aromatic rings. The Hall–Kier alpha value is -1.42. The number of methoxy groups -OCH3 is 1. The van der Waals surface area contributed by atoms with Crippen molar-refractivity contribution in [3.8, 4) is 0 Å². The molecule has 0 bridgehead atoms. The molecule has 1 atom stereocenters. The van der Waals surface area contributed by atoms with Crippen LogP contribution in [-0.2, 0) is 11.2 Å². The van der Waals surface area contributed by atoms with E-state index in [0.717, 1.165) is 30.4 Å². The Balaban J connectivity index is 2.50. The highest BCUT2D eigenvalue weighted by atomic mass is 19.1. The van der Waals surface area contributed by atoms with Gasteiger partial charge in [0.25, 0.3) is 0 Å². The zero-order valence-electron chi connectivity index (χ0n) is 9.13. The summed E-state index contributed by atoms with van der Waals surface area (Å²) in [4.78, 5) is 11.3. The van der Waals surface area contributed by atoms with E-state index in [4.69, 9.17) is 5.73 Å². The van der Waals surface area contributed by atoms with Crippen LogP contribution in [0, 0.1) is 5.82 Å². The largest absolute Gasteiger partial charge is 0.465 e. The molecule has 86 valence electrons. The van der Waals surface area contributed by atoms with E-state index in [1.165, 1.54) is 19.2 Å². The van der Waals surface area contributed by atoms with Crippen LogP contribution < -0.4 is 5.73 Å². The van der Waals surface area contributed by atoms with Gasteiger partial charge >= 0.3 is 5.97 Å². The number of fused-ring (bicyclic) bond motifs is 1. The molecule has 1 unspecified atom stereocenters. The van der Waals surface area contributed by atoms with Crippen molar-refractivity contribution in [2.75, 3.05) is 7.11 Å². The number of carbonyl (C=O) groups is 1. The molecule has 0 saturated carbocycles. The van der Waals surface area contributed by atoms with Crippen molar-refractivity contribution in [1.29, 1.82) is 0 Å². The Kier molecular flexibility index (Phi) is 2.92. The van der Waals surface area contributed by atoms with Crippen molar-refractivity contribution < 1.29 is 13.9 Å². The third-order valence-electron chi connectivity index (χ3n) is 2.99. The van der Waals surface area contributed by atoms with E-state index >= 15 is 0 Å². The third-order valence-corrected chi connectivity index (χ3v) is 2.99. The number of nitrogens with two attached hydrogens (primary N) is 1. The lowest BCUT2D eigenvalue weighted by atomic mass is 9.87. The Morgan fingerprint density at radius 2 is 2.31 bits per heavy atom. The third kappa shape index (κ3) is 1.80. The van der Waals surface area contributed by atoms with Gasteiger partial charge in [0.05, 0.1) is 12.7 Å². The highest BCUT2D eigenvalue weighted by Gasteiger charge is 2.22. The van der Waals surface area contributed by atoms with Gasteiger partial charge in [0.15, 0.2) is 0 Å². The molecule has 2 rings (SSSR count). The predicted molar refractivity (Wildman–Crippen MR) is 57.6 cm³/mol. The molecule has 1 aliphatic rings. The first-order valence-electron chi connectivity index (χ1n) is 5.29. The Bertz CT molecular complexity index is 431. The van der Waals surface area contributed by atoms with Gasteiger partial charge in [0.2, 0.25) is 0 Å². The van der Waals surface area contributed by atoms with E-state index in [1.54, 1.807) is 0 Å². The molecule has 0 saturated heterocycles. The zero-order chi connectivity index (χ0) is 11.7. The van der Waals surface area contributed by atoms with Crippen molar-refractivity contribution in [2.24, 2.45) is 5.73 Å². The highest BCUT2D eigenvalue weighted by molar-refractivity contribution is 5.90. The number of esters is 1. The first-order valence-corrected chi connectivity index (χ1v) is 5.29. The van der Waals surface area contributed by atoms with Gasteiger partial charge in [-0.25, -0.2) is 9.18 Å². The van der Waals surface area contributed by atoms with Crippen LogP contribution in [0.15, 0.2) is 12.1 Å². The van der Waals surface area contributed by atoms with Gasteiger partial charge in [-0.1, -0.05) is 0 Å². The second kappa shape index (κ2) is 4.22. The number of benzene rings is 1. The molecule has 0 aromatic heterocycles. The summed E-state index contributed by atoms with van der Waals surface area (Å²) < 4.78 is 18.1. The van der Waals surface area contributed by atoms with Gasteiger partial charge in [0, 0.05) is 6.04 Å². The number of hydrogen-bond acceptors (Lipinski definition) is 3. The number of halogens is 1. The Morgan fingerprint density at radius 3 is 3.00 bits per heavy atom. The molecule has 0 aliphatic heterocycles. The maximum Gasteiger partial charge on any atom is 0.340 e. The Labute approximate surface area is 93.4 Å². The van der Waals surface area contributed by atoms with Crippen LogP contribution in [0.3, 0.4) is 0 Å². The Morgan fingerprint density at radius 1 is 1.56 bits per heavy atom. The van der Waals surface area contributed by atoms with Gasteiger partial charge in [-0.15, -0.1) is 0 Å². The van der Waals surface area contributed by atoms with Crippen LogP contribution in [0.4, 0.5) is 4.39 Å². The fraction of sp³-hybridized carbons (Fsp3) is 0.417. The second-order valence-corrected chi connectivity index (χ2v) is 4.02. The van der Waals surface area contributed by atoms with Gasteiger partial charge < -0.3 is 10.5 Å². The number of ether oxygens (including phenoxy) is 1. The van der Waals surface area contributed by atoms with Crippen molar-refractivity contribution in [3.63, 3.8) is 0 Å². The van der Waals surface area contributed by atoms with Crippen molar-refractivity contribution in [1.82, 2.24) is 0 Å². The molecule has 0 fully saturated rings. The molecule has 3 nitrogen and oxygen atoms in total. The normalized spacial score (nSPS) is 19.1. The topological polar surface area (TPSA) is 52.3 Å². The van der Waals surface area contributed by atoms with Crippen LogP contribution in [0.5, 0.6) is 0 Å². The second-order valence-electron chi connectivity index (χ2n) is 4.02. The molecule has 0 amide bonds. The lowest BCUT2D eigenvalue weighted by Gasteiger charge is -2.22. The number of rotatable bonds is 1. The minimum Gasteiger partial charge on any atom is -0.465 e.